The fraction of sp³-hybridized carbons (Fsp3) is 0.571. The molecule has 2 aliphatic heterocycles. The van der Waals surface area contributed by atoms with Crippen molar-refractivity contribution in [1.82, 2.24) is 4.31 Å². The molecule has 6 heteroatoms. The molecule has 2 atom stereocenters. The third-order valence-corrected chi connectivity index (χ3v) is 6.17. The third kappa shape index (κ3) is 2.26. The third-order valence-electron chi connectivity index (χ3n) is 4.19. The van der Waals surface area contributed by atoms with Crippen molar-refractivity contribution in [2.45, 2.75) is 43.5 Å². The Morgan fingerprint density at radius 1 is 1.30 bits per heavy atom. The topological polar surface area (TPSA) is 66.8 Å². The number of ether oxygens (including phenoxy) is 1. The molecule has 0 amide bonds. The molecule has 2 bridgehead atoms. The average Bonchev–Trinajstić information content (AvgIpc) is 2.77. The van der Waals surface area contributed by atoms with E-state index in [0.29, 0.717) is 29.1 Å². The Morgan fingerprint density at radius 3 is 2.55 bits per heavy atom. The Bertz CT molecular complexity index is 602. The highest BCUT2D eigenvalue weighted by Crippen LogP contribution is 2.31. The summed E-state index contributed by atoms with van der Waals surface area (Å²) in [6.45, 7) is 2.46. The van der Waals surface area contributed by atoms with Crippen molar-refractivity contribution in [3.8, 4) is 0 Å². The number of hydrogen-bond donors (Lipinski definition) is 1. The number of hydrogen-bond acceptors (Lipinski definition) is 4. The fourth-order valence-corrected chi connectivity index (χ4v) is 4.80. The van der Waals surface area contributed by atoms with Crippen LogP contribution in [-0.4, -0.2) is 43.1 Å². The maximum atomic E-state index is 12.8. The van der Waals surface area contributed by atoms with Gasteiger partial charge in [-0.1, -0.05) is 12.1 Å². The standard InChI is InChI=1S/C14H19NO4S/c1-10-11(9-16)3-2-4-14(10)20(17,18)15-7-12-5-6-13(8-15)19-12/h2-4,12-13,16H,5-9H2,1H3. The van der Waals surface area contributed by atoms with Crippen molar-refractivity contribution >= 4 is 10.0 Å². The molecule has 1 aromatic carbocycles. The lowest BCUT2D eigenvalue weighted by atomic mass is 10.1. The normalized spacial score (nSPS) is 26.9. The van der Waals surface area contributed by atoms with Crippen molar-refractivity contribution in [3.05, 3.63) is 29.3 Å². The smallest absolute Gasteiger partial charge is 0.243 e. The van der Waals surface area contributed by atoms with Crippen molar-refractivity contribution in [2.75, 3.05) is 13.1 Å². The fourth-order valence-electron chi connectivity index (χ4n) is 3.02. The molecule has 20 heavy (non-hydrogen) atoms. The van der Waals surface area contributed by atoms with E-state index in [4.69, 9.17) is 4.74 Å². The largest absolute Gasteiger partial charge is 0.392 e. The van der Waals surface area contributed by atoms with E-state index >= 15 is 0 Å². The first-order valence-corrected chi connectivity index (χ1v) is 8.31. The van der Waals surface area contributed by atoms with Gasteiger partial charge < -0.3 is 9.84 Å². The number of nitrogens with zero attached hydrogens (tertiary/aromatic N) is 1. The van der Waals surface area contributed by atoms with Gasteiger partial charge in [-0.2, -0.15) is 4.31 Å². The van der Waals surface area contributed by atoms with Crippen LogP contribution >= 0.6 is 0 Å². The van der Waals surface area contributed by atoms with Crippen LogP contribution in [0.4, 0.5) is 0 Å². The molecule has 2 unspecified atom stereocenters. The van der Waals surface area contributed by atoms with E-state index in [-0.39, 0.29) is 18.8 Å². The maximum absolute atomic E-state index is 12.8. The number of rotatable bonds is 3. The van der Waals surface area contributed by atoms with E-state index < -0.39 is 10.0 Å². The van der Waals surface area contributed by atoms with Gasteiger partial charge in [0, 0.05) is 13.1 Å². The zero-order chi connectivity index (χ0) is 14.3. The molecule has 3 rings (SSSR count). The Balaban J connectivity index is 1.96. The Labute approximate surface area is 119 Å². The molecule has 0 spiro atoms. The van der Waals surface area contributed by atoms with E-state index in [2.05, 4.69) is 0 Å². The van der Waals surface area contributed by atoms with Crippen LogP contribution in [0, 0.1) is 6.92 Å². The molecule has 0 aliphatic carbocycles. The first kappa shape index (κ1) is 14.0. The summed E-state index contributed by atoms with van der Waals surface area (Å²) in [5.74, 6) is 0. The number of sulfonamides is 1. The molecule has 1 N–H and O–H groups in total. The lowest BCUT2D eigenvalue weighted by Crippen LogP contribution is -2.45. The second-order valence-electron chi connectivity index (χ2n) is 5.48. The predicted octanol–water partition coefficient (Wildman–Crippen LogP) is 1.04. The van der Waals surface area contributed by atoms with E-state index in [1.807, 2.05) is 0 Å². The van der Waals surface area contributed by atoms with Gasteiger partial charge in [0.15, 0.2) is 0 Å². The van der Waals surface area contributed by atoms with Crippen LogP contribution < -0.4 is 0 Å². The monoisotopic (exact) mass is 297 g/mol. The lowest BCUT2D eigenvalue weighted by molar-refractivity contribution is -0.0114. The highest BCUT2D eigenvalue weighted by Gasteiger charge is 2.39. The molecule has 2 aliphatic rings. The molecule has 1 aromatic rings. The van der Waals surface area contributed by atoms with Gasteiger partial charge in [0.25, 0.3) is 0 Å². The van der Waals surface area contributed by atoms with Crippen LogP contribution in [0.15, 0.2) is 23.1 Å². The predicted molar refractivity (Wildman–Crippen MR) is 73.8 cm³/mol. The van der Waals surface area contributed by atoms with Crippen LogP contribution in [0.1, 0.15) is 24.0 Å². The summed E-state index contributed by atoms with van der Waals surface area (Å²) in [6, 6.07) is 5.04. The lowest BCUT2D eigenvalue weighted by Gasteiger charge is -2.31. The van der Waals surface area contributed by atoms with Crippen LogP contribution in [0.3, 0.4) is 0 Å². The molecule has 5 nitrogen and oxygen atoms in total. The van der Waals surface area contributed by atoms with Gasteiger partial charge in [-0.25, -0.2) is 8.42 Å². The molecular weight excluding hydrogens is 278 g/mol. The minimum Gasteiger partial charge on any atom is -0.392 e. The Morgan fingerprint density at radius 2 is 1.95 bits per heavy atom. The highest BCUT2D eigenvalue weighted by atomic mass is 32.2. The number of morpholine rings is 1. The minimum atomic E-state index is -3.51. The van der Waals surface area contributed by atoms with Gasteiger partial charge in [-0.05, 0) is 37.0 Å². The van der Waals surface area contributed by atoms with E-state index in [0.717, 1.165) is 12.8 Å². The van der Waals surface area contributed by atoms with Crippen molar-refractivity contribution < 1.29 is 18.3 Å². The van der Waals surface area contributed by atoms with E-state index in [9.17, 15) is 13.5 Å². The Kier molecular flexibility index (Phi) is 3.58. The number of aliphatic hydroxyl groups is 1. The summed E-state index contributed by atoms with van der Waals surface area (Å²) in [5.41, 5.74) is 1.29. The molecular formula is C14H19NO4S. The Hall–Kier alpha value is -0.950. The highest BCUT2D eigenvalue weighted by molar-refractivity contribution is 7.89. The van der Waals surface area contributed by atoms with Gasteiger partial charge in [0.2, 0.25) is 10.0 Å². The van der Waals surface area contributed by atoms with Gasteiger partial charge in [-0.15, -0.1) is 0 Å². The van der Waals surface area contributed by atoms with Crippen LogP contribution in [0.5, 0.6) is 0 Å². The first-order chi connectivity index (χ1) is 9.52. The van der Waals surface area contributed by atoms with Crippen molar-refractivity contribution in [1.29, 1.82) is 0 Å². The van der Waals surface area contributed by atoms with Gasteiger partial charge in [0.05, 0.1) is 23.7 Å². The van der Waals surface area contributed by atoms with E-state index in [1.54, 1.807) is 25.1 Å². The number of benzene rings is 1. The average molecular weight is 297 g/mol. The van der Waals surface area contributed by atoms with Gasteiger partial charge in [-0.3, -0.25) is 0 Å². The van der Waals surface area contributed by atoms with Crippen molar-refractivity contribution in [2.24, 2.45) is 0 Å². The summed E-state index contributed by atoms with van der Waals surface area (Å²) in [7, 11) is -3.51. The van der Waals surface area contributed by atoms with E-state index in [1.165, 1.54) is 4.31 Å². The summed E-state index contributed by atoms with van der Waals surface area (Å²) in [6.07, 6.45) is 1.94. The van der Waals surface area contributed by atoms with Crippen LogP contribution in [0.25, 0.3) is 0 Å². The zero-order valence-corrected chi connectivity index (χ0v) is 12.3. The molecule has 0 radical (unpaired) electrons. The second kappa shape index (κ2) is 5.11. The molecule has 110 valence electrons. The first-order valence-electron chi connectivity index (χ1n) is 6.87. The zero-order valence-electron chi connectivity index (χ0n) is 11.4. The maximum Gasteiger partial charge on any atom is 0.243 e. The molecule has 0 saturated carbocycles. The number of aliphatic hydroxyl groups excluding tert-OH is 1. The quantitative estimate of drug-likeness (QED) is 0.905. The summed E-state index contributed by atoms with van der Waals surface area (Å²) in [4.78, 5) is 0.297. The summed E-state index contributed by atoms with van der Waals surface area (Å²) < 4.78 is 32.8. The molecule has 2 heterocycles. The number of fused-ring (bicyclic) bond motifs is 2. The van der Waals surface area contributed by atoms with Crippen LogP contribution in [0.2, 0.25) is 0 Å². The second-order valence-corrected chi connectivity index (χ2v) is 7.38. The molecule has 2 saturated heterocycles. The minimum absolute atomic E-state index is 0.0323. The van der Waals surface area contributed by atoms with Crippen molar-refractivity contribution in [3.63, 3.8) is 0 Å². The SMILES string of the molecule is Cc1c(CO)cccc1S(=O)(=O)N1CC2CCC(C1)O2. The van der Waals surface area contributed by atoms with Gasteiger partial charge in [0.1, 0.15) is 0 Å². The molecule has 2 fully saturated rings. The summed E-state index contributed by atoms with van der Waals surface area (Å²) in [5, 5.41) is 9.28. The molecule has 0 aromatic heterocycles. The summed E-state index contributed by atoms with van der Waals surface area (Å²) >= 11 is 0. The van der Waals surface area contributed by atoms with Gasteiger partial charge >= 0.3 is 0 Å². The van der Waals surface area contributed by atoms with Crippen LogP contribution in [-0.2, 0) is 21.4 Å².